The van der Waals surface area contributed by atoms with E-state index < -0.39 is 0 Å². The first-order chi connectivity index (χ1) is 13.2. The molecule has 0 atom stereocenters. The van der Waals surface area contributed by atoms with Gasteiger partial charge < -0.3 is 14.8 Å². The van der Waals surface area contributed by atoms with Crippen molar-refractivity contribution in [2.45, 2.75) is 19.7 Å². The fraction of sp³-hybridized carbons (Fsp3) is 0.200. The zero-order valence-electron chi connectivity index (χ0n) is 14.8. The topological polar surface area (TPSA) is 56.3 Å². The van der Waals surface area contributed by atoms with Gasteiger partial charge in [-0.2, -0.15) is 0 Å². The number of aromatic nitrogens is 2. The van der Waals surface area contributed by atoms with Crippen molar-refractivity contribution in [3.8, 4) is 11.5 Å². The van der Waals surface area contributed by atoms with Crippen molar-refractivity contribution in [1.29, 1.82) is 0 Å². The summed E-state index contributed by atoms with van der Waals surface area (Å²) in [6, 6.07) is 11.5. The Labute approximate surface area is 168 Å². The molecule has 2 heterocycles. The van der Waals surface area contributed by atoms with Crippen LogP contribution in [0.15, 0.2) is 55.0 Å². The number of nitrogens with zero attached hydrogens (tertiary/aromatic N) is 2. The van der Waals surface area contributed by atoms with E-state index in [4.69, 9.17) is 32.7 Å². The van der Waals surface area contributed by atoms with E-state index in [-0.39, 0.29) is 5.15 Å². The molecule has 1 aromatic carbocycles. The van der Waals surface area contributed by atoms with Crippen LogP contribution in [0.2, 0.25) is 10.2 Å². The summed E-state index contributed by atoms with van der Waals surface area (Å²) in [5, 5.41) is 4.09. The second-order valence-corrected chi connectivity index (χ2v) is 6.60. The van der Waals surface area contributed by atoms with Crippen molar-refractivity contribution in [2.75, 3.05) is 7.11 Å². The van der Waals surface area contributed by atoms with Gasteiger partial charge in [-0.25, -0.2) is 4.98 Å². The van der Waals surface area contributed by atoms with Gasteiger partial charge in [0, 0.05) is 48.9 Å². The van der Waals surface area contributed by atoms with Gasteiger partial charge in [-0.3, -0.25) is 4.98 Å². The Kier molecular flexibility index (Phi) is 6.87. The number of pyridine rings is 2. The van der Waals surface area contributed by atoms with Crippen LogP contribution < -0.4 is 14.8 Å². The molecule has 0 saturated carbocycles. The summed E-state index contributed by atoms with van der Waals surface area (Å²) >= 11 is 11.8. The number of hydrogen-bond acceptors (Lipinski definition) is 5. The highest BCUT2D eigenvalue weighted by molar-refractivity contribution is 6.41. The monoisotopic (exact) mass is 403 g/mol. The van der Waals surface area contributed by atoms with Gasteiger partial charge in [-0.15, -0.1) is 0 Å². The Morgan fingerprint density at radius 1 is 1.00 bits per heavy atom. The van der Waals surface area contributed by atoms with Gasteiger partial charge in [-0.05, 0) is 29.8 Å². The molecule has 0 fully saturated rings. The number of methoxy groups -OCH3 is 1. The van der Waals surface area contributed by atoms with Crippen LogP contribution in [0.1, 0.15) is 16.7 Å². The van der Waals surface area contributed by atoms with Gasteiger partial charge in [0.15, 0.2) is 0 Å². The van der Waals surface area contributed by atoms with E-state index in [1.54, 1.807) is 31.8 Å². The Morgan fingerprint density at radius 2 is 1.81 bits per heavy atom. The molecule has 7 heteroatoms. The molecule has 0 radical (unpaired) electrons. The average Bonchev–Trinajstić information content (AvgIpc) is 2.70. The summed E-state index contributed by atoms with van der Waals surface area (Å²) < 4.78 is 11.3. The lowest BCUT2D eigenvalue weighted by Crippen LogP contribution is -2.13. The lowest BCUT2D eigenvalue weighted by Gasteiger charge is -2.13. The normalized spacial score (nSPS) is 10.6. The Hall–Kier alpha value is -2.34. The molecule has 140 valence electrons. The van der Waals surface area contributed by atoms with Crippen LogP contribution in [0, 0.1) is 0 Å². The fourth-order valence-electron chi connectivity index (χ4n) is 2.51. The predicted octanol–water partition coefficient (Wildman–Crippen LogP) is 4.66. The molecule has 2 aromatic heterocycles. The molecule has 0 aliphatic carbocycles. The summed E-state index contributed by atoms with van der Waals surface area (Å²) in [5.41, 5.74) is 3.07. The van der Waals surface area contributed by atoms with Gasteiger partial charge in [0.05, 0.1) is 12.1 Å². The van der Waals surface area contributed by atoms with Gasteiger partial charge in [0.25, 0.3) is 0 Å². The van der Waals surface area contributed by atoms with E-state index in [0.29, 0.717) is 23.9 Å². The maximum atomic E-state index is 5.98. The third kappa shape index (κ3) is 5.57. The zero-order valence-corrected chi connectivity index (χ0v) is 16.3. The Balaban J connectivity index is 1.58. The van der Waals surface area contributed by atoms with Crippen molar-refractivity contribution in [3.63, 3.8) is 0 Å². The maximum Gasteiger partial charge on any atom is 0.147 e. The quantitative estimate of drug-likeness (QED) is 0.554. The molecule has 5 nitrogen and oxygen atoms in total. The first-order valence-electron chi connectivity index (χ1n) is 8.35. The lowest BCUT2D eigenvalue weighted by molar-refractivity contribution is 0.303. The van der Waals surface area contributed by atoms with Crippen molar-refractivity contribution in [1.82, 2.24) is 15.3 Å². The molecule has 0 spiro atoms. The summed E-state index contributed by atoms with van der Waals surface area (Å²) in [6.45, 7) is 1.78. The van der Waals surface area contributed by atoms with Crippen LogP contribution in [0.4, 0.5) is 0 Å². The van der Waals surface area contributed by atoms with Gasteiger partial charge in [0.1, 0.15) is 23.3 Å². The lowest BCUT2D eigenvalue weighted by atomic mass is 10.2. The molecule has 0 unspecified atom stereocenters. The minimum atomic E-state index is 0.283. The van der Waals surface area contributed by atoms with E-state index in [1.807, 2.05) is 30.3 Å². The van der Waals surface area contributed by atoms with E-state index >= 15 is 0 Å². The number of halogens is 2. The third-order valence-corrected chi connectivity index (χ3v) is 4.60. The standard InChI is InChI=1S/C20H19Cl2N3O2/c1-26-19-9-17(27-13-15-8-18(21)20(22)25-11-15)3-2-16(19)12-24-10-14-4-6-23-7-5-14/h2-9,11,24H,10,12-13H2,1H3. The van der Waals surface area contributed by atoms with Crippen molar-refractivity contribution in [2.24, 2.45) is 0 Å². The number of benzene rings is 1. The number of nitrogens with one attached hydrogen (secondary N) is 1. The van der Waals surface area contributed by atoms with Crippen LogP contribution in [0.3, 0.4) is 0 Å². The van der Waals surface area contributed by atoms with E-state index in [9.17, 15) is 0 Å². The molecule has 0 aliphatic rings. The Bertz CT molecular complexity index is 892. The van der Waals surface area contributed by atoms with Crippen LogP contribution in [-0.2, 0) is 19.7 Å². The summed E-state index contributed by atoms with van der Waals surface area (Å²) in [5.74, 6) is 1.47. The first-order valence-corrected chi connectivity index (χ1v) is 9.10. The Morgan fingerprint density at radius 3 is 2.56 bits per heavy atom. The van der Waals surface area contributed by atoms with Crippen molar-refractivity contribution < 1.29 is 9.47 Å². The number of ether oxygens (including phenoxy) is 2. The highest BCUT2D eigenvalue weighted by Gasteiger charge is 2.07. The van der Waals surface area contributed by atoms with Crippen LogP contribution in [-0.4, -0.2) is 17.1 Å². The largest absolute Gasteiger partial charge is 0.496 e. The maximum absolute atomic E-state index is 5.98. The molecule has 27 heavy (non-hydrogen) atoms. The SMILES string of the molecule is COc1cc(OCc2cnc(Cl)c(Cl)c2)ccc1CNCc1ccncc1. The molecule has 0 amide bonds. The zero-order chi connectivity index (χ0) is 19.1. The molecule has 1 N–H and O–H groups in total. The summed E-state index contributed by atoms with van der Waals surface area (Å²) in [7, 11) is 1.65. The van der Waals surface area contributed by atoms with Gasteiger partial charge in [0.2, 0.25) is 0 Å². The van der Waals surface area contributed by atoms with Gasteiger partial charge in [-0.1, -0.05) is 29.3 Å². The molecule has 0 saturated heterocycles. The number of rotatable bonds is 8. The van der Waals surface area contributed by atoms with Crippen molar-refractivity contribution in [3.05, 3.63) is 81.9 Å². The minimum absolute atomic E-state index is 0.283. The molecular weight excluding hydrogens is 385 g/mol. The highest BCUT2D eigenvalue weighted by Crippen LogP contribution is 2.26. The molecular formula is C20H19Cl2N3O2. The summed E-state index contributed by atoms with van der Waals surface area (Å²) in [6.07, 6.45) is 5.21. The van der Waals surface area contributed by atoms with Crippen molar-refractivity contribution >= 4 is 23.2 Å². The molecule has 0 bridgehead atoms. The van der Waals surface area contributed by atoms with E-state index in [2.05, 4.69) is 15.3 Å². The molecule has 3 aromatic rings. The summed E-state index contributed by atoms with van der Waals surface area (Å²) in [4.78, 5) is 8.03. The van der Waals surface area contributed by atoms with Crippen LogP contribution in [0.25, 0.3) is 0 Å². The molecule has 0 aliphatic heterocycles. The van der Waals surface area contributed by atoms with E-state index in [1.165, 1.54) is 5.56 Å². The minimum Gasteiger partial charge on any atom is -0.496 e. The number of hydrogen-bond donors (Lipinski definition) is 1. The average molecular weight is 404 g/mol. The second kappa shape index (κ2) is 9.55. The first kappa shape index (κ1) is 19.4. The van der Waals surface area contributed by atoms with Gasteiger partial charge >= 0.3 is 0 Å². The fourth-order valence-corrected chi connectivity index (χ4v) is 2.80. The predicted molar refractivity (Wildman–Crippen MR) is 106 cm³/mol. The third-order valence-electron chi connectivity index (χ3n) is 3.91. The van der Waals surface area contributed by atoms with E-state index in [0.717, 1.165) is 23.4 Å². The molecule has 3 rings (SSSR count). The van der Waals surface area contributed by atoms with Crippen LogP contribution >= 0.6 is 23.2 Å². The van der Waals surface area contributed by atoms with Crippen LogP contribution in [0.5, 0.6) is 11.5 Å². The highest BCUT2D eigenvalue weighted by atomic mass is 35.5. The second-order valence-electron chi connectivity index (χ2n) is 5.84. The smallest absolute Gasteiger partial charge is 0.147 e.